The first kappa shape index (κ1) is 59.0. The maximum atomic E-state index is 10.3. The smallest absolute Gasteiger partial charge is 0.164 e. The van der Waals surface area contributed by atoms with Crippen LogP contribution in [0.2, 0.25) is 0 Å². The first-order chi connectivity index (χ1) is 45.0. The topological polar surface area (TPSA) is 72.3 Å². The highest BCUT2D eigenvalue weighted by Gasteiger charge is 2.29. The van der Waals surface area contributed by atoms with Crippen LogP contribution in [0.15, 0.2) is 218 Å². The maximum Gasteiger partial charge on any atom is 0.164 e. The van der Waals surface area contributed by atoms with Crippen LogP contribution in [0.25, 0.3) is 152 Å². The van der Waals surface area contributed by atoms with Gasteiger partial charge in [-0.25, -0.2) is 15.0 Å². The molecule has 458 valence electrons. The van der Waals surface area contributed by atoms with E-state index in [-0.39, 0.29) is 21.7 Å². The minimum Gasteiger partial charge on any atom is -0.309 e. The van der Waals surface area contributed by atoms with Crippen LogP contribution in [0.4, 0.5) is 0 Å². The molecule has 0 saturated carbocycles. The monoisotopic (exact) mass is 1250 g/mol. The average molecular weight is 1250 g/mol. The second-order valence-electron chi connectivity index (χ2n) is 29.6. The van der Waals surface area contributed by atoms with Crippen LogP contribution in [-0.4, -0.2) is 24.1 Å². The Morgan fingerprint density at radius 2 is 0.745 bits per heavy atom. The molecule has 0 fully saturated rings. The van der Waals surface area contributed by atoms with Gasteiger partial charge in [0.05, 0.1) is 45.1 Å². The largest absolute Gasteiger partial charge is 0.309 e. The van der Waals surface area contributed by atoms with Crippen LogP contribution in [0.3, 0.4) is 0 Å². The minimum absolute atomic E-state index is 0.149. The molecule has 6 nitrogen and oxygen atoms in total. The molecule has 0 bridgehead atoms. The number of aromatic nitrogens is 5. The Bertz CT molecular complexity index is 5710. The zero-order valence-corrected chi connectivity index (χ0v) is 56.9. The Balaban J connectivity index is 1.04. The molecule has 0 aliphatic rings. The fourth-order valence-electron chi connectivity index (χ4n) is 14.0. The number of hydrogen-bond donors (Lipinski definition) is 0. The van der Waals surface area contributed by atoms with E-state index in [1.165, 1.54) is 84.1 Å². The van der Waals surface area contributed by atoms with E-state index in [9.17, 15) is 5.26 Å². The third-order valence-corrected chi connectivity index (χ3v) is 21.6. The molecule has 5 heterocycles. The first-order valence-electron chi connectivity index (χ1n) is 32.6. The van der Waals surface area contributed by atoms with Crippen LogP contribution in [0.5, 0.6) is 0 Å². The van der Waals surface area contributed by atoms with Crippen molar-refractivity contribution in [2.45, 2.75) is 105 Å². The third kappa shape index (κ3) is 9.81. The standard InChI is InChI=1S/C86H72N6S2/c1-83(2,3)56-41-54(42-57(47-56)84(4,5)6)81-88-80(89-82(90-81)55-43-58(85(7,8)9)48-59(44-55)86(10,11)12)53-33-37-70(91-68-28-17-13-26-65(68)76-71(91)38-35-63-61-24-15-19-30-74(61)93-78(63)76)67(45-53)60-34-32-52(51-23-21-22-50(40-51)49-87)46-73(60)92-69-29-18-14-27-66(69)77-72(92)39-36-64-62-25-16-20-31-75(62)94-79(64)77/h13-48H,1-12H3. The van der Waals surface area contributed by atoms with Gasteiger partial charge >= 0.3 is 0 Å². The summed E-state index contributed by atoms with van der Waals surface area (Å²) in [5.74, 6) is 1.82. The van der Waals surface area contributed by atoms with Crippen molar-refractivity contribution >= 4 is 107 Å². The van der Waals surface area contributed by atoms with Gasteiger partial charge in [-0.1, -0.05) is 204 Å². The molecule has 5 aromatic heterocycles. The zero-order valence-electron chi connectivity index (χ0n) is 55.3. The highest BCUT2D eigenvalue weighted by molar-refractivity contribution is 7.27. The van der Waals surface area contributed by atoms with Crippen LogP contribution in [0, 0.1) is 11.3 Å². The molecule has 0 saturated heterocycles. The van der Waals surface area contributed by atoms with Crippen molar-refractivity contribution in [3.05, 3.63) is 246 Å². The number of benzene rings is 11. The van der Waals surface area contributed by atoms with Crippen LogP contribution in [-0.2, 0) is 21.7 Å². The van der Waals surface area contributed by atoms with Gasteiger partial charge in [0, 0.05) is 89.7 Å². The third-order valence-electron chi connectivity index (χ3n) is 19.2. The van der Waals surface area contributed by atoms with Gasteiger partial charge in [0.1, 0.15) is 0 Å². The summed E-state index contributed by atoms with van der Waals surface area (Å²) in [7, 11) is 0. The lowest BCUT2D eigenvalue weighted by Crippen LogP contribution is -2.17. The molecule has 11 aromatic carbocycles. The van der Waals surface area contributed by atoms with Crippen LogP contribution < -0.4 is 0 Å². The van der Waals surface area contributed by atoms with Gasteiger partial charge in [-0.3, -0.25) is 0 Å². The summed E-state index contributed by atoms with van der Waals surface area (Å²) in [6.07, 6.45) is 0. The van der Waals surface area contributed by atoms with Crippen molar-refractivity contribution < 1.29 is 0 Å². The Labute approximate surface area is 557 Å². The van der Waals surface area contributed by atoms with E-state index in [1.807, 2.05) is 40.9 Å². The molecule has 0 aliphatic heterocycles. The van der Waals surface area contributed by atoms with Crippen molar-refractivity contribution in [2.24, 2.45) is 0 Å². The summed E-state index contributed by atoms with van der Waals surface area (Å²) >= 11 is 3.73. The average Bonchev–Trinajstić information content (AvgIpc) is 1.55. The molecule has 16 aromatic rings. The van der Waals surface area contributed by atoms with Gasteiger partial charge in [0.2, 0.25) is 0 Å². The molecule has 0 spiro atoms. The molecule has 0 N–H and O–H groups in total. The molecule has 94 heavy (non-hydrogen) atoms. The molecular formula is C86H72N6S2. The molecule has 0 amide bonds. The van der Waals surface area contributed by atoms with E-state index in [0.717, 1.165) is 72.4 Å². The number of thiophene rings is 2. The minimum atomic E-state index is -0.149. The number of fused-ring (bicyclic) bond motifs is 14. The second kappa shape index (κ2) is 21.5. The van der Waals surface area contributed by atoms with Crippen molar-refractivity contribution in [2.75, 3.05) is 0 Å². The highest BCUT2D eigenvalue weighted by Crippen LogP contribution is 2.49. The molecule has 0 radical (unpaired) electrons. The molecule has 16 rings (SSSR count). The lowest BCUT2D eigenvalue weighted by molar-refractivity contribution is 0.568. The number of hydrogen-bond acceptors (Lipinski definition) is 6. The summed E-state index contributed by atoms with van der Waals surface area (Å²) in [6.45, 7) is 27.4. The van der Waals surface area contributed by atoms with Crippen molar-refractivity contribution in [3.63, 3.8) is 0 Å². The predicted molar refractivity (Wildman–Crippen MR) is 401 cm³/mol. The number of nitrogens with zero attached hydrogens (tertiary/aromatic N) is 6. The van der Waals surface area contributed by atoms with Crippen molar-refractivity contribution in [3.8, 4) is 73.9 Å². The lowest BCUT2D eigenvalue weighted by Gasteiger charge is -2.26. The van der Waals surface area contributed by atoms with Crippen LogP contribution >= 0.6 is 22.7 Å². The highest BCUT2D eigenvalue weighted by atomic mass is 32.1. The Hall–Kier alpha value is -10.0. The zero-order chi connectivity index (χ0) is 64.9. The van der Waals surface area contributed by atoms with Gasteiger partial charge in [0.25, 0.3) is 0 Å². The predicted octanol–water partition coefficient (Wildman–Crippen LogP) is 24.2. The number of nitriles is 1. The lowest BCUT2D eigenvalue weighted by atomic mass is 9.79. The fourth-order valence-corrected chi connectivity index (χ4v) is 16.5. The quantitative estimate of drug-likeness (QED) is 0.159. The normalized spacial score (nSPS) is 12.7. The first-order valence-corrected chi connectivity index (χ1v) is 34.2. The second-order valence-corrected chi connectivity index (χ2v) is 31.7. The van der Waals surface area contributed by atoms with Gasteiger partial charge in [-0.2, -0.15) is 5.26 Å². The molecule has 0 aliphatic carbocycles. The van der Waals surface area contributed by atoms with Crippen molar-refractivity contribution in [1.82, 2.24) is 24.1 Å². The van der Waals surface area contributed by atoms with E-state index in [4.69, 9.17) is 15.0 Å². The molecular weight excluding hydrogens is 1180 g/mol. The van der Waals surface area contributed by atoms with E-state index in [2.05, 4.69) is 298 Å². The Kier molecular flexibility index (Phi) is 13.5. The summed E-state index contributed by atoms with van der Waals surface area (Å²) in [5.41, 5.74) is 18.1. The van der Waals surface area contributed by atoms with E-state index < -0.39 is 0 Å². The molecule has 0 atom stereocenters. The number of rotatable bonds is 7. The maximum absolute atomic E-state index is 10.3. The Morgan fingerprint density at radius 3 is 1.22 bits per heavy atom. The van der Waals surface area contributed by atoms with Crippen molar-refractivity contribution in [1.29, 1.82) is 5.26 Å². The van der Waals surface area contributed by atoms with Gasteiger partial charge in [0.15, 0.2) is 17.5 Å². The van der Waals surface area contributed by atoms with Gasteiger partial charge < -0.3 is 9.13 Å². The summed E-state index contributed by atoms with van der Waals surface area (Å²) in [4.78, 5) is 17.0. The van der Waals surface area contributed by atoms with E-state index >= 15 is 0 Å². The summed E-state index contributed by atoms with van der Waals surface area (Å²) < 4.78 is 10.1. The molecule has 0 unspecified atom stereocenters. The summed E-state index contributed by atoms with van der Waals surface area (Å²) in [5, 5.41) is 20.2. The van der Waals surface area contributed by atoms with Crippen LogP contribution in [0.1, 0.15) is 111 Å². The SMILES string of the molecule is CC(C)(C)c1cc(-c2nc(-c3cc(C(C)(C)C)cc(C(C)(C)C)c3)nc(-c3ccc(-n4c5ccccc5c5c6sc7ccccc7c6ccc54)c(-c4ccc(-c5cccc(C#N)c5)cc4-n4c5ccccc5c5c6sc7ccccc7c6ccc54)c3)n2)cc(C(C)(C)C)c1. The van der Waals surface area contributed by atoms with Gasteiger partial charge in [-0.05, 0) is 152 Å². The van der Waals surface area contributed by atoms with Gasteiger partial charge in [-0.15, -0.1) is 22.7 Å². The fraction of sp³-hybridized carbons (Fsp3) is 0.186. The van der Waals surface area contributed by atoms with E-state index in [1.54, 1.807) is 0 Å². The number of para-hydroxylation sites is 2. The summed E-state index contributed by atoms with van der Waals surface area (Å²) in [6, 6.07) is 82.9. The van der Waals surface area contributed by atoms with E-state index in [0.29, 0.717) is 23.0 Å². The Morgan fingerprint density at radius 1 is 0.319 bits per heavy atom. The molecule has 8 heteroatoms.